The summed E-state index contributed by atoms with van der Waals surface area (Å²) in [7, 11) is 0. The number of aliphatic hydroxyl groups is 1. The number of hydrogen-bond donors (Lipinski definition) is 2. The fourth-order valence-electron chi connectivity index (χ4n) is 5.48. The van der Waals surface area contributed by atoms with E-state index in [1.165, 1.54) is 16.3 Å². The zero-order valence-corrected chi connectivity index (χ0v) is 23.6. The highest BCUT2D eigenvalue weighted by molar-refractivity contribution is 5.85. The van der Waals surface area contributed by atoms with Crippen molar-refractivity contribution in [3.05, 3.63) is 96.6 Å². The molecule has 8 heteroatoms. The van der Waals surface area contributed by atoms with Crippen LogP contribution in [0.25, 0.3) is 33.3 Å². The third kappa shape index (κ3) is 6.97. The first-order chi connectivity index (χ1) is 20.6. The Hall–Kier alpha value is -4.24. The zero-order chi connectivity index (χ0) is 28.7. The SMILES string of the molecule is O=C(CN1CCN(C[C@@H](O)COc2ccc3oc(-c4ccccc4)nc3c2)CC1)NCCc1cccc2ccccc12. The van der Waals surface area contributed by atoms with Crippen LogP contribution in [0.1, 0.15) is 5.56 Å². The van der Waals surface area contributed by atoms with E-state index in [0.29, 0.717) is 36.9 Å². The predicted molar refractivity (Wildman–Crippen MR) is 164 cm³/mol. The lowest BCUT2D eigenvalue weighted by molar-refractivity contribution is -0.122. The van der Waals surface area contributed by atoms with Crippen molar-refractivity contribution in [3.8, 4) is 17.2 Å². The Balaban J connectivity index is 0.900. The topological polar surface area (TPSA) is 91.1 Å². The van der Waals surface area contributed by atoms with Gasteiger partial charge in [0.05, 0.1) is 6.54 Å². The van der Waals surface area contributed by atoms with E-state index >= 15 is 0 Å². The van der Waals surface area contributed by atoms with E-state index < -0.39 is 6.10 Å². The molecule has 1 atom stereocenters. The molecule has 5 aromatic rings. The standard InChI is InChI=1S/C34H36N4O4/c39-28(24-41-29-13-14-32-31(21-29)36-34(42-32)27-8-2-1-3-9-27)22-37-17-19-38(20-18-37)23-33(40)35-16-15-26-11-6-10-25-7-4-5-12-30(25)26/h1-14,21,28,39H,15-20,22-24H2,(H,35,40)/t28-/m1/s1. The minimum absolute atomic E-state index is 0.0529. The van der Waals surface area contributed by atoms with E-state index in [1.54, 1.807) is 0 Å². The first kappa shape index (κ1) is 27.9. The molecular weight excluding hydrogens is 528 g/mol. The number of β-amino-alcohol motifs (C(OH)–C–C–N with tert-alkyl or cyclic N) is 1. The summed E-state index contributed by atoms with van der Waals surface area (Å²) in [4.78, 5) is 21.5. The first-order valence-electron chi connectivity index (χ1n) is 14.6. The lowest BCUT2D eigenvalue weighted by Gasteiger charge is -2.35. The van der Waals surface area contributed by atoms with Gasteiger partial charge in [0.1, 0.15) is 24.0 Å². The van der Waals surface area contributed by atoms with Gasteiger partial charge < -0.3 is 19.6 Å². The van der Waals surface area contributed by atoms with E-state index in [9.17, 15) is 9.90 Å². The van der Waals surface area contributed by atoms with Crippen LogP contribution in [0.5, 0.6) is 5.75 Å². The van der Waals surface area contributed by atoms with Crippen molar-refractivity contribution < 1.29 is 19.1 Å². The van der Waals surface area contributed by atoms with Crippen LogP contribution < -0.4 is 10.1 Å². The fourth-order valence-corrected chi connectivity index (χ4v) is 5.48. The molecular formula is C34H36N4O4. The number of amides is 1. The van der Waals surface area contributed by atoms with Gasteiger partial charge in [0.15, 0.2) is 5.58 Å². The number of piperazine rings is 1. The van der Waals surface area contributed by atoms with Gasteiger partial charge in [-0.05, 0) is 47.0 Å². The monoisotopic (exact) mass is 564 g/mol. The van der Waals surface area contributed by atoms with Crippen molar-refractivity contribution in [2.45, 2.75) is 12.5 Å². The normalized spacial score (nSPS) is 15.2. The summed E-state index contributed by atoms with van der Waals surface area (Å²) >= 11 is 0. The molecule has 1 aliphatic heterocycles. The van der Waals surface area contributed by atoms with E-state index in [4.69, 9.17) is 9.15 Å². The molecule has 6 rings (SSSR count). The fraction of sp³-hybridized carbons (Fsp3) is 0.294. The summed E-state index contributed by atoms with van der Waals surface area (Å²) in [6.45, 7) is 4.90. The number of carbonyl (C=O) groups is 1. The van der Waals surface area contributed by atoms with Crippen LogP contribution in [0.3, 0.4) is 0 Å². The first-order valence-corrected chi connectivity index (χ1v) is 14.6. The number of benzene rings is 4. The Labute approximate surface area is 245 Å². The number of carbonyl (C=O) groups excluding carboxylic acids is 1. The zero-order valence-electron chi connectivity index (χ0n) is 23.6. The molecule has 0 bridgehead atoms. The highest BCUT2D eigenvalue weighted by Crippen LogP contribution is 2.27. The lowest BCUT2D eigenvalue weighted by Crippen LogP contribution is -2.51. The van der Waals surface area contributed by atoms with E-state index in [1.807, 2.05) is 54.6 Å². The Kier molecular flexibility index (Phi) is 8.75. The maximum absolute atomic E-state index is 12.6. The summed E-state index contributed by atoms with van der Waals surface area (Å²) in [5.74, 6) is 1.27. The number of nitrogens with zero attached hydrogens (tertiary/aromatic N) is 3. The number of aromatic nitrogens is 1. The molecule has 1 fully saturated rings. The molecule has 2 N–H and O–H groups in total. The van der Waals surface area contributed by atoms with Gasteiger partial charge in [0.25, 0.3) is 0 Å². The maximum Gasteiger partial charge on any atom is 0.234 e. The molecule has 1 saturated heterocycles. The number of ether oxygens (including phenoxy) is 1. The van der Waals surface area contributed by atoms with E-state index in [-0.39, 0.29) is 12.5 Å². The molecule has 4 aromatic carbocycles. The van der Waals surface area contributed by atoms with Gasteiger partial charge in [-0.25, -0.2) is 4.98 Å². The maximum atomic E-state index is 12.6. The molecule has 1 amide bonds. The smallest absolute Gasteiger partial charge is 0.234 e. The van der Waals surface area contributed by atoms with Gasteiger partial charge in [-0.15, -0.1) is 0 Å². The van der Waals surface area contributed by atoms with Gasteiger partial charge in [0, 0.05) is 50.9 Å². The highest BCUT2D eigenvalue weighted by Gasteiger charge is 2.21. The molecule has 42 heavy (non-hydrogen) atoms. The molecule has 1 aliphatic rings. The average Bonchev–Trinajstić information content (AvgIpc) is 3.45. The van der Waals surface area contributed by atoms with Crippen LogP contribution in [0.2, 0.25) is 0 Å². The van der Waals surface area contributed by atoms with Gasteiger partial charge in [-0.2, -0.15) is 0 Å². The third-order valence-electron chi connectivity index (χ3n) is 7.72. The van der Waals surface area contributed by atoms with Crippen LogP contribution in [0, 0.1) is 0 Å². The summed E-state index contributed by atoms with van der Waals surface area (Å²) in [5, 5.41) is 16.2. The van der Waals surface area contributed by atoms with Crippen LogP contribution in [-0.4, -0.2) is 84.3 Å². The quantitative estimate of drug-likeness (QED) is 0.246. The van der Waals surface area contributed by atoms with Crippen molar-refractivity contribution in [1.29, 1.82) is 0 Å². The van der Waals surface area contributed by atoms with E-state index in [0.717, 1.165) is 43.7 Å². The number of nitrogens with one attached hydrogen (secondary N) is 1. The second kappa shape index (κ2) is 13.2. The Bertz CT molecular complexity index is 1620. The summed E-state index contributed by atoms with van der Waals surface area (Å²) < 4.78 is 11.7. The van der Waals surface area contributed by atoms with Crippen molar-refractivity contribution in [3.63, 3.8) is 0 Å². The molecule has 2 heterocycles. The summed E-state index contributed by atoms with van der Waals surface area (Å²) in [6, 6.07) is 30.0. The molecule has 1 aromatic heterocycles. The average molecular weight is 565 g/mol. The van der Waals surface area contributed by atoms with Crippen LogP contribution >= 0.6 is 0 Å². The number of hydrogen-bond acceptors (Lipinski definition) is 7. The predicted octanol–water partition coefficient (Wildman–Crippen LogP) is 4.36. The van der Waals surface area contributed by atoms with Crippen LogP contribution in [0.15, 0.2) is 95.4 Å². The molecule has 8 nitrogen and oxygen atoms in total. The van der Waals surface area contributed by atoms with Crippen molar-refractivity contribution in [2.75, 3.05) is 52.4 Å². The van der Waals surface area contributed by atoms with Gasteiger partial charge in [-0.1, -0.05) is 60.7 Å². The Morgan fingerprint density at radius 2 is 1.69 bits per heavy atom. The van der Waals surface area contributed by atoms with Crippen molar-refractivity contribution in [2.24, 2.45) is 0 Å². The second-order valence-electron chi connectivity index (χ2n) is 10.8. The molecule has 0 saturated carbocycles. The Morgan fingerprint density at radius 1 is 0.929 bits per heavy atom. The van der Waals surface area contributed by atoms with Gasteiger partial charge in [0.2, 0.25) is 11.8 Å². The second-order valence-corrected chi connectivity index (χ2v) is 10.8. The van der Waals surface area contributed by atoms with Gasteiger partial charge >= 0.3 is 0 Å². The van der Waals surface area contributed by atoms with Crippen molar-refractivity contribution in [1.82, 2.24) is 20.1 Å². The molecule has 0 spiro atoms. The molecule has 216 valence electrons. The Morgan fingerprint density at radius 3 is 2.55 bits per heavy atom. The van der Waals surface area contributed by atoms with E-state index in [2.05, 4.69) is 56.5 Å². The largest absolute Gasteiger partial charge is 0.491 e. The minimum Gasteiger partial charge on any atom is -0.491 e. The minimum atomic E-state index is -0.623. The molecule has 0 radical (unpaired) electrons. The third-order valence-corrected chi connectivity index (χ3v) is 7.72. The number of rotatable bonds is 11. The van der Waals surface area contributed by atoms with Crippen molar-refractivity contribution >= 4 is 27.8 Å². The van der Waals surface area contributed by atoms with Crippen LogP contribution in [0.4, 0.5) is 0 Å². The molecule has 0 unspecified atom stereocenters. The molecule has 0 aliphatic carbocycles. The summed E-state index contributed by atoms with van der Waals surface area (Å²) in [6.07, 6.45) is 0.184. The highest BCUT2D eigenvalue weighted by atomic mass is 16.5. The lowest BCUT2D eigenvalue weighted by atomic mass is 10.0. The number of oxazole rings is 1. The summed E-state index contributed by atoms with van der Waals surface area (Å²) in [5.41, 5.74) is 3.58. The number of aliphatic hydroxyl groups excluding tert-OH is 1. The number of fused-ring (bicyclic) bond motifs is 2. The van der Waals surface area contributed by atoms with Gasteiger partial charge in [-0.3, -0.25) is 14.6 Å². The van der Waals surface area contributed by atoms with Crippen LogP contribution in [-0.2, 0) is 11.2 Å².